The Bertz CT molecular complexity index is 784. The van der Waals surface area contributed by atoms with Crippen LogP contribution < -0.4 is 11.1 Å². The van der Waals surface area contributed by atoms with Gasteiger partial charge in [0, 0.05) is 17.5 Å². The molecule has 0 saturated carbocycles. The molecule has 1 amide bonds. The molecule has 4 N–H and O–H groups in total. The summed E-state index contributed by atoms with van der Waals surface area (Å²) in [5, 5.41) is 3.28. The zero-order valence-corrected chi connectivity index (χ0v) is 13.2. The lowest BCUT2D eigenvalue weighted by Crippen LogP contribution is -2.14. The van der Waals surface area contributed by atoms with E-state index < -0.39 is 30.8 Å². The van der Waals surface area contributed by atoms with E-state index in [-0.39, 0.29) is 30.0 Å². The van der Waals surface area contributed by atoms with Crippen LogP contribution in [0.15, 0.2) is 35.1 Å². The number of hydrogen-bond donors (Lipinski definition) is 3. The van der Waals surface area contributed by atoms with Crippen molar-refractivity contribution in [3.63, 3.8) is 0 Å². The number of carbonyl (C=O) groups is 1. The van der Waals surface area contributed by atoms with Gasteiger partial charge >= 0.3 is 0 Å². The van der Waals surface area contributed by atoms with Gasteiger partial charge in [0.05, 0.1) is 11.4 Å². The highest BCUT2D eigenvalue weighted by molar-refractivity contribution is 7.94. The molecule has 1 rings (SSSR count). The predicted molar refractivity (Wildman–Crippen MR) is 82.5 cm³/mol. The maximum atomic E-state index is 11.6. The highest BCUT2D eigenvalue weighted by Crippen LogP contribution is 2.22. The van der Waals surface area contributed by atoms with E-state index in [0.29, 0.717) is 0 Å². The lowest BCUT2D eigenvalue weighted by molar-refractivity contribution is -0.116. The smallest absolute Gasteiger partial charge is 0.296 e. The Morgan fingerprint density at radius 3 is 2.45 bits per heavy atom. The Morgan fingerprint density at radius 2 is 1.95 bits per heavy atom. The van der Waals surface area contributed by atoms with Crippen molar-refractivity contribution in [2.45, 2.75) is 17.7 Å². The average Bonchev–Trinajstić information content (AvgIpc) is 2.37. The zero-order chi connectivity index (χ0) is 17.0. The Hall–Kier alpha value is -1.91. The van der Waals surface area contributed by atoms with Gasteiger partial charge in [-0.3, -0.25) is 9.35 Å². The molecule has 8 nitrogen and oxygen atoms in total. The van der Waals surface area contributed by atoms with Crippen LogP contribution in [0.5, 0.6) is 0 Å². The molecular weight excluding hydrogens is 332 g/mol. The largest absolute Gasteiger partial charge is 0.398 e. The fraction of sp³-hybridized carbons (Fsp3) is 0.250. The fourth-order valence-corrected chi connectivity index (χ4v) is 2.91. The number of rotatable bonds is 7. The highest BCUT2D eigenvalue weighted by Gasteiger charge is 2.14. The number of nitrogens with two attached hydrogens (primary N) is 1. The number of hydrogen-bond acceptors (Lipinski definition) is 6. The summed E-state index contributed by atoms with van der Waals surface area (Å²) in [6.07, 6.45) is 0.0891. The Kier molecular flexibility index (Phi) is 5.69. The molecule has 1 aromatic carbocycles. The van der Waals surface area contributed by atoms with Crippen molar-refractivity contribution in [1.29, 1.82) is 0 Å². The monoisotopic (exact) mass is 348 g/mol. The minimum absolute atomic E-state index is 0.0347. The number of anilines is 2. The molecule has 122 valence electrons. The summed E-state index contributed by atoms with van der Waals surface area (Å²) in [7, 11) is -7.77. The summed E-state index contributed by atoms with van der Waals surface area (Å²) in [5.74, 6) is -0.633. The summed E-state index contributed by atoms with van der Waals surface area (Å²) in [6.45, 7) is 3.16. The summed E-state index contributed by atoms with van der Waals surface area (Å²) in [5.41, 5.74) is 5.50. The van der Waals surface area contributed by atoms with Crippen LogP contribution in [0.2, 0.25) is 0 Å². The average molecular weight is 348 g/mol. The molecule has 0 atom stereocenters. The molecule has 0 heterocycles. The lowest BCUT2D eigenvalue weighted by atomic mass is 10.2. The molecule has 0 aliphatic heterocycles. The molecule has 10 heteroatoms. The maximum absolute atomic E-state index is 11.6. The molecule has 0 aliphatic rings. The number of amides is 1. The van der Waals surface area contributed by atoms with E-state index in [1.807, 2.05) is 0 Å². The van der Waals surface area contributed by atoms with Crippen LogP contribution in [0.3, 0.4) is 0 Å². The van der Waals surface area contributed by atoms with Crippen molar-refractivity contribution in [3.8, 4) is 0 Å². The van der Waals surface area contributed by atoms with Gasteiger partial charge in [-0.15, -0.1) is 0 Å². The molecule has 22 heavy (non-hydrogen) atoms. The molecule has 0 saturated heterocycles. The first-order valence-electron chi connectivity index (χ1n) is 6.07. The molecule has 1 aromatic rings. The number of sulfone groups is 1. The number of nitrogens with one attached hydrogen (secondary N) is 1. The maximum Gasteiger partial charge on any atom is 0.296 e. The van der Waals surface area contributed by atoms with Crippen molar-refractivity contribution in [2.75, 3.05) is 16.8 Å². The van der Waals surface area contributed by atoms with Gasteiger partial charge in [0.25, 0.3) is 10.1 Å². The third-order valence-electron chi connectivity index (χ3n) is 2.66. The van der Waals surface area contributed by atoms with Crippen LogP contribution in [0, 0.1) is 0 Å². The lowest BCUT2D eigenvalue weighted by Gasteiger charge is -2.08. The second kappa shape index (κ2) is 6.90. The van der Waals surface area contributed by atoms with Crippen molar-refractivity contribution < 1.29 is 26.2 Å². The van der Waals surface area contributed by atoms with Crippen LogP contribution >= 0.6 is 0 Å². The molecule has 0 unspecified atom stereocenters. The van der Waals surface area contributed by atoms with Crippen molar-refractivity contribution in [3.05, 3.63) is 30.2 Å². The van der Waals surface area contributed by atoms with Gasteiger partial charge in [-0.2, -0.15) is 8.42 Å². The Labute approximate surface area is 128 Å². The molecular formula is C12H16N2O6S2. The van der Waals surface area contributed by atoms with Crippen molar-refractivity contribution in [1.82, 2.24) is 0 Å². The molecule has 0 radical (unpaired) electrons. The number of benzene rings is 1. The van der Waals surface area contributed by atoms with E-state index in [1.54, 1.807) is 0 Å². The normalized spacial score (nSPS) is 11.9. The standard InChI is InChI=1S/C12H16N2O6S2/c1-2-21(16,17)7-3-4-12(15)14-9-5-6-11(10(13)8-9)22(18,19)20/h2,5-6,8H,1,3-4,7,13H2,(H,14,15)(H,18,19,20). The Balaban J connectivity index is 2.66. The van der Waals surface area contributed by atoms with E-state index in [0.717, 1.165) is 11.5 Å². The third kappa shape index (κ3) is 5.47. The van der Waals surface area contributed by atoms with Gasteiger partial charge in [-0.25, -0.2) is 8.42 Å². The van der Waals surface area contributed by atoms with Gasteiger partial charge in [-0.05, 0) is 24.6 Å². The van der Waals surface area contributed by atoms with Crippen molar-refractivity contribution in [2.24, 2.45) is 0 Å². The summed E-state index contributed by atoms with van der Waals surface area (Å²) >= 11 is 0. The van der Waals surface area contributed by atoms with Gasteiger partial charge in [0.15, 0.2) is 9.84 Å². The zero-order valence-electron chi connectivity index (χ0n) is 11.5. The Morgan fingerprint density at radius 1 is 1.32 bits per heavy atom. The van der Waals surface area contributed by atoms with E-state index >= 15 is 0 Å². The quantitative estimate of drug-likeness (QED) is 0.488. The number of carbonyl (C=O) groups excluding carboxylic acids is 1. The van der Waals surface area contributed by atoms with Gasteiger partial charge in [0.1, 0.15) is 4.90 Å². The van der Waals surface area contributed by atoms with Crippen LogP contribution in [-0.4, -0.2) is 33.0 Å². The first kappa shape index (κ1) is 18.1. The van der Waals surface area contributed by atoms with Gasteiger partial charge < -0.3 is 11.1 Å². The SMILES string of the molecule is C=CS(=O)(=O)CCCC(=O)Nc1ccc(S(=O)(=O)O)c(N)c1. The molecule has 0 aromatic heterocycles. The fourth-order valence-electron chi connectivity index (χ4n) is 1.60. The first-order chi connectivity index (χ1) is 10.0. The molecule has 0 aliphatic carbocycles. The molecule has 0 fully saturated rings. The van der Waals surface area contributed by atoms with E-state index in [2.05, 4.69) is 11.9 Å². The van der Waals surface area contributed by atoms with Crippen molar-refractivity contribution >= 4 is 37.2 Å². The summed E-state index contributed by atoms with van der Waals surface area (Å²) in [4.78, 5) is 11.2. The van der Waals surface area contributed by atoms with E-state index in [9.17, 15) is 21.6 Å². The van der Waals surface area contributed by atoms with E-state index in [1.165, 1.54) is 12.1 Å². The second-order valence-corrected chi connectivity index (χ2v) is 7.87. The van der Waals surface area contributed by atoms with Crippen LogP contribution in [0.1, 0.15) is 12.8 Å². The van der Waals surface area contributed by atoms with E-state index in [4.69, 9.17) is 10.3 Å². The molecule has 0 spiro atoms. The minimum atomic E-state index is -4.43. The van der Waals surface area contributed by atoms with Crippen LogP contribution in [0.25, 0.3) is 0 Å². The van der Waals surface area contributed by atoms with Gasteiger partial charge in [-0.1, -0.05) is 6.58 Å². The van der Waals surface area contributed by atoms with Crippen LogP contribution in [-0.2, 0) is 24.7 Å². The highest BCUT2D eigenvalue weighted by atomic mass is 32.2. The predicted octanol–water partition coefficient (Wildman–Crippen LogP) is 0.792. The number of nitrogen functional groups attached to an aromatic ring is 1. The third-order valence-corrected chi connectivity index (χ3v) is 4.95. The summed E-state index contributed by atoms with van der Waals surface area (Å²) in [6, 6.07) is 3.50. The van der Waals surface area contributed by atoms with Crippen LogP contribution in [0.4, 0.5) is 11.4 Å². The summed E-state index contributed by atoms with van der Waals surface area (Å²) < 4.78 is 53.2. The topological polar surface area (TPSA) is 144 Å². The van der Waals surface area contributed by atoms with Gasteiger partial charge in [0.2, 0.25) is 5.91 Å². The first-order valence-corrected chi connectivity index (χ1v) is 9.23. The minimum Gasteiger partial charge on any atom is -0.398 e. The molecule has 0 bridgehead atoms. The second-order valence-electron chi connectivity index (χ2n) is 4.41.